The number of rotatable bonds is 6. The highest BCUT2D eigenvalue weighted by atomic mass is 16.5. The van der Waals surface area contributed by atoms with E-state index in [9.17, 15) is 0 Å². The molecule has 1 unspecified atom stereocenters. The maximum atomic E-state index is 8.62. The van der Waals surface area contributed by atoms with Crippen molar-refractivity contribution in [2.24, 2.45) is 0 Å². The Morgan fingerprint density at radius 1 is 1.38 bits per heavy atom. The van der Waals surface area contributed by atoms with Gasteiger partial charge in [-0.05, 0) is 31.2 Å². The van der Waals surface area contributed by atoms with Crippen LogP contribution < -0.4 is 10.1 Å². The third-order valence-electron chi connectivity index (χ3n) is 2.38. The molecular formula is C13H18N2O. The molecule has 1 aromatic carbocycles. The summed E-state index contributed by atoms with van der Waals surface area (Å²) in [5, 5.41) is 11.7. The Morgan fingerprint density at radius 3 is 2.56 bits per heavy atom. The normalized spacial score (nSPS) is 11.8. The fourth-order valence-electron chi connectivity index (χ4n) is 1.45. The Kier molecular flexibility index (Phi) is 5.38. The Labute approximate surface area is 97.0 Å². The van der Waals surface area contributed by atoms with Gasteiger partial charge in [-0.3, -0.25) is 0 Å². The van der Waals surface area contributed by atoms with Crippen molar-refractivity contribution in [2.75, 3.05) is 7.05 Å². The summed E-state index contributed by atoms with van der Waals surface area (Å²) in [6.45, 7) is 2.88. The van der Waals surface area contributed by atoms with Gasteiger partial charge in [0.25, 0.3) is 0 Å². The molecular weight excluding hydrogens is 200 g/mol. The van der Waals surface area contributed by atoms with E-state index in [0.717, 1.165) is 18.7 Å². The van der Waals surface area contributed by atoms with Gasteiger partial charge < -0.3 is 10.1 Å². The highest BCUT2D eigenvalue weighted by Gasteiger charge is 2.06. The SMILES string of the molecule is CCC(CC#N)Oc1ccc(CNC)cc1. The van der Waals surface area contributed by atoms with E-state index in [4.69, 9.17) is 10.00 Å². The topological polar surface area (TPSA) is 45.0 Å². The fraction of sp³-hybridized carbons (Fsp3) is 0.462. The highest BCUT2D eigenvalue weighted by Crippen LogP contribution is 2.16. The number of hydrogen-bond acceptors (Lipinski definition) is 3. The first-order valence-corrected chi connectivity index (χ1v) is 5.57. The van der Waals surface area contributed by atoms with Gasteiger partial charge in [0.15, 0.2) is 0 Å². The third-order valence-corrected chi connectivity index (χ3v) is 2.38. The van der Waals surface area contributed by atoms with E-state index in [2.05, 4.69) is 11.4 Å². The van der Waals surface area contributed by atoms with Crippen LogP contribution in [-0.4, -0.2) is 13.2 Å². The summed E-state index contributed by atoms with van der Waals surface area (Å²) in [5.41, 5.74) is 1.23. The number of hydrogen-bond donors (Lipinski definition) is 1. The molecule has 0 aromatic heterocycles. The molecule has 0 saturated heterocycles. The molecule has 16 heavy (non-hydrogen) atoms. The first kappa shape index (κ1) is 12.5. The monoisotopic (exact) mass is 218 g/mol. The molecule has 0 spiro atoms. The van der Waals surface area contributed by atoms with E-state index in [1.807, 2.05) is 38.2 Å². The quantitative estimate of drug-likeness (QED) is 0.797. The van der Waals surface area contributed by atoms with E-state index in [-0.39, 0.29) is 6.10 Å². The molecule has 0 aliphatic heterocycles. The van der Waals surface area contributed by atoms with Gasteiger partial charge in [0.05, 0.1) is 12.5 Å². The largest absolute Gasteiger partial charge is 0.489 e. The van der Waals surface area contributed by atoms with Crippen molar-refractivity contribution >= 4 is 0 Å². The molecule has 1 rings (SSSR count). The predicted octanol–water partition coefficient (Wildman–Crippen LogP) is 2.48. The third kappa shape index (κ3) is 3.92. The Morgan fingerprint density at radius 2 is 2.06 bits per heavy atom. The van der Waals surface area contributed by atoms with Crippen LogP contribution in [-0.2, 0) is 6.54 Å². The molecule has 0 bridgehead atoms. The average molecular weight is 218 g/mol. The molecule has 3 heteroatoms. The molecule has 1 atom stereocenters. The summed E-state index contributed by atoms with van der Waals surface area (Å²) >= 11 is 0. The lowest BCUT2D eigenvalue weighted by molar-refractivity contribution is 0.202. The Bertz CT molecular complexity index is 340. The van der Waals surface area contributed by atoms with Crippen LogP contribution in [0.2, 0.25) is 0 Å². The number of nitrogens with zero attached hydrogens (tertiary/aromatic N) is 1. The molecule has 0 radical (unpaired) electrons. The minimum absolute atomic E-state index is 0.000139. The van der Waals surface area contributed by atoms with Crippen molar-refractivity contribution in [3.63, 3.8) is 0 Å². The second-order valence-electron chi connectivity index (χ2n) is 3.68. The van der Waals surface area contributed by atoms with E-state index in [1.165, 1.54) is 5.56 Å². The van der Waals surface area contributed by atoms with Crippen LogP contribution in [0.15, 0.2) is 24.3 Å². The zero-order chi connectivity index (χ0) is 11.8. The smallest absolute Gasteiger partial charge is 0.119 e. The molecule has 0 amide bonds. The van der Waals surface area contributed by atoms with Crippen molar-refractivity contribution in [3.05, 3.63) is 29.8 Å². The second kappa shape index (κ2) is 6.86. The summed E-state index contributed by atoms with van der Waals surface area (Å²) in [5.74, 6) is 0.835. The fourth-order valence-corrected chi connectivity index (χ4v) is 1.45. The summed E-state index contributed by atoms with van der Waals surface area (Å²) in [7, 11) is 1.92. The van der Waals surface area contributed by atoms with Crippen molar-refractivity contribution < 1.29 is 4.74 Å². The van der Waals surface area contributed by atoms with Gasteiger partial charge in [-0.15, -0.1) is 0 Å². The molecule has 1 aromatic rings. The van der Waals surface area contributed by atoms with E-state index < -0.39 is 0 Å². The van der Waals surface area contributed by atoms with Gasteiger partial charge in [-0.25, -0.2) is 0 Å². The van der Waals surface area contributed by atoms with Crippen molar-refractivity contribution in [1.29, 1.82) is 5.26 Å². The minimum Gasteiger partial charge on any atom is -0.489 e. The molecule has 0 heterocycles. The van der Waals surface area contributed by atoms with Crippen LogP contribution >= 0.6 is 0 Å². The molecule has 1 N–H and O–H groups in total. The number of benzene rings is 1. The maximum Gasteiger partial charge on any atom is 0.119 e. The van der Waals surface area contributed by atoms with E-state index in [1.54, 1.807) is 0 Å². The number of nitrogens with one attached hydrogen (secondary N) is 1. The Hall–Kier alpha value is -1.53. The van der Waals surface area contributed by atoms with Crippen LogP contribution in [0, 0.1) is 11.3 Å². The lowest BCUT2D eigenvalue weighted by Crippen LogP contribution is -2.14. The molecule has 0 aliphatic carbocycles. The van der Waals surface area contributed by atoms with Crippen LogP contribution in [0.4, 0.5) is 0 Å². The molecule has 3 nitrogen and oxygen atoms in total. The number of ether oxygens (including phenoxy) is 1. The van der Waals surface area contributed by atoms with Crippen LogP contribution in [0.1, 0.15) is 25.3 Å². The predicted molar refractivity (Wildman–Crippen MR) is 64.1 cm³/mol. The van der Waals surface area contributed by atoms with Gasteiger partial charge in [0.1, 0.15) is 11.9 Å². The molecule has 0 fully saturated rings. The molecule has 0 saturated carbocycles. The zero-order valence-electron chi connectivity index (χ0n) is 9.86. The first-order valence-electron chi connectivity index (χ1n) is 5.57. The van der Waals surface area contributed by atoms with Gasteiger partial charge in [-0.2, -0.15) is 5.26 Å². The summed E-state index contributed by atoms with van der Waals surface area (Å²) in [6, 6.07) is 10.1. The second-order valence-corrected chi connectivity index (χ2v) is 3.68. The standard InChI is InChI=1S/C13H18N2O/c1-3-12(8-9-14)16-13-6-4-11(5-7-13)10-15-2/h4-7,12,15H,3,8,10H2,1-2H3. The highest BCUT2D eigenvalue weighted by molar-refractivity contribution is 5.27. The summed E-state index contributed by atoms with van der Waals surface area (Å²) in [4.78, 5) is 0. The van der Waals surface area contributed by atoms with E-state index in [0.29, 0.717) is 6.42 Å². The van der Waals surface area contributed by atoms with Gasteiger partial charge >= 0.3 is 0 Å². The van der Waals surface area contributed by atoms with Gasteiger partial charge in [0, 0.05) is 6.54 Å². The van der Waals surface area contributed by atoms with Crippen LogP contribution in [0.3, 0.4) is 0 Å². The maximum absolute atomic E-state index is 8.62. The van der Waals surface area contributed by atoms with E-state index >= 15 is 0 Å². The molecule has 0 aliphatic rings. The Balaban J connectivity index is 2.57. The first-order chi connectivity index (χ1) is 7.80. The van der Waals surface area contributed by atoms with Crippen LogP contribution in [0.5, 0.6) is 5.75 Å². The van der Waals surface area contributed by atoms with Crippen molar-refractivity contribution in [2.45, 2.75) is 32.4 Å². The minimum atomic E-state index is 0.000139. The lowest BCUT2D eigenvalue weighted by Gasteiger charge is -2.14. The summed E-state index contributed by atoms with van der Waals surface area (Å²) in [6.07, 6.45) is 1.29. The number of nitriles is 1. The van der Waals surface area contributed by atoms with Gasteiger partial charge in [0.2, 0.25) is 0 Å². The van der Waals surface area contributed by atoms with Crippen molar-refractivity contribution in [1.82, 2.24) is 5.32 Å². The zero-order valence-corrected chi connectivity index (χ0v) is 9.86. The molecule has 86 valence electrons. The van der Waals surface area contributed by atoms with Crippen molar-refractivity contribution in [3.8, 4) is 11.8 Å². The van der Waals surface area contributed by atoms with Gasteiger partial charge in [-0.1, -0.05) is 19.1 Å². The van der Waals surface area contributed by atoms with Crippen LogP contribution in [0.25, 0.3) is 0 Å². The average Bonchev–Trinajstić information content (AvgIpc) is 2.31. The lowest BCUT2D eigenvalue weighted by atomic mass is 10.2. The summed E-state index contributed by atoms with van der Waals surface area (Å²) < 4.78 is 5.69.